The standard InChI is InChI=1S/C20H26N4O/c1-3-23(16-17-7-5-4-6-8-17)18-9-10-21-19(15-18)20(25)24-13-11-22(2)12-14-24/h4-10,15H,3,11-14,16H2,1-2H3. The van der Waals surface area contributed by atoms with Crippen molar-refractivity contribution in [2.24, 2.45) is 0 Å². The first-order valence-electron chi connectivity index (χ1n) is 8.90. The molecule has 0 saturated carbocycles. The quantitative estimate of drug-likeness (QED) is 0.840. The Morgan fingerprint density at radius 3 is 2.52 bits per heavy atom. The van der Waals surface area contributed by atoms with E-state index in [0.717, 1.165) is 45.0 Å². The Kier molecular flexibility index (Phi) is 5.66. The van der Waals surface area contributed by atoms with Gasteiger partial charge in [-0.3, -0.25) is 9.78 Å². The number of benzene rings is 1. The highest BCUT2D eigenvalue weighted by Gasteiger charge is 2.21. The molecule has 132 valence electrons. The number of nitrogens with zero attached hydrogens (tertiary/aromatic N) is 4. The summed E-state index contributed by atoms with van der Waals surface area (Å²) in [6.07, 6.45) is 1.74. The maximum absolute atomic E-state index is 12.8. The van der Waals surface area contributed by atoms with Crippen molar-refractivity contribution in [2.45, 2.75) is 13.5 Å². The molecule has 0 N–H and O–H groups in total. The number of pyridine rings is 1. The molecular formula is C20H26N4O. The summed E-state index contributed by atoms with van der Waals surface area (Å²) in [6.45, 7) is 7.20. The molecule has 2 aromatic rings. The van der Waals surface area contributed by atoms with E-state index in [1.54, 1.807) is 6.20 Å². The maximum atomic E-state index is 12.8. The fraction of sp³-hybridized carbons (Fsp3) is 0.400. The van der Waals surface area contributed by atoms with Crippen LogP contribution in [0.3, 0.4) is 0 Å². The summed E-state index contributed by atoms with van der Waals surface area (Å²) < 4.78 is 0. The van der Waals surface area contributed by atoms with Gasteiger partial charge in [-0.1, -0.05) is 30.3 Å². The fourth-order valence-electron chi connectivity index (χ4n) is 3.09. The van der Waals surface area contributed by atoms with Gasteiger partial charge < -0.3 is 14.7 Å². The van der Waals surface area contributed by atoms with Gasteiger partial charge in [0.2, 0.25) is 0 Å². The zero-order valence-corrected chi connectivity index (χ0v) is 15.1. The maximum Gasteiger partial charge on any atom is 0.272 e. The van der Waals surface area contributed by atoms with Crippen LogP contribution < -0.4 is 4.90 Å². The molecule has 0 radical (unpaired) electrons. The van der Waals surface area contributed by atoms with Crippen molar-refractivity contribution < 1.29 is 4.79 Å². The first-order chi connectivity index (χ1) is 12.2. The Balaban J connectivity index is 1.74. The van der Waals surface area contributed by atoms with Crippen LogP contribution in [0, 0.1) is 0 Å². The van der Waals surface area contributed by atoms with Gasteiger partial charge in [0.1, 0.15) is 5.69 Å². The highest BCUT2D eigenvalue weighted by atomic mass is 16.2. The van der Waals surface area contributed by atoms with Crippen LogP contribution in [-0.4, -0.2) is 60.5 Å². The Morgan fingerprint density at radius 1 is 1.12 bits per heavy atom. The van der Waals surface area contributed by atoms with Crippen LogP contribution in [0.25, 0.3) is 0 Å². The fourth-order valence-corrected chi connectivity index (χ4v) is 3.09. The second kappa shape index (κ2) is 8.12. The molecule has 0 atom stereocenters. The lowest BCUT2D eigenvalue weighted by Crippen LogP contribution is -2.47. The number of hydrogen-bond donors (Lipinski definition) is 0. The number of aromatic nitrogens is 1. The van der Waals surface area contributed by atoms with Crippen molar-refractivity contribution in [2.75, 3.05) is 44.7 Å². The van der Waals surface area contributed by atoms with Crippen molar-refractivity contribution in [1.29, 1.82) is 0 Å². The molecule has 1 aliphatic heterocycles. The van der Waals surface area contributed by atoms with Crippen LogP contribution in [0.4, 0.5) is 5.69 Å². The van der Waals surface area contributed by atoms with Crippen LogP contribution in [0.1, 0.15) is 23.0 Å². The Hall–Kier alpha value is -2.40. The SMILES string of the molecule is CCN(Cc1ccccc1)c1ccnc(C(=O)N2CCN(C)CC2)c1. The largest absolute Gasteiger partial charge is 0.367 e. The van der Waals surface area contributed by atoms with Crippen LogP contribution >= 0.6 is 0 Å². The van der Waals surface area contributed by atoms with Gasteiger partial charge in [-0.15, -0.1) is 0 Å². The molecule has 3 rings (SSSR count). The molecule has 1 aromatic carbocycles. The second-order valence-corrected chi connectivity index (χ2v) is 6.49. The number of piperazine rings is 1. The predicted molar refractivity (Wildman–Crippen MR) is 101 cm³/mol. The van der Waals surface area contributed by atoms with Crippen molar-refractivity contribution in [3.63, 3.8) is 0 Å². The lowest BCUT2D eigenvalue weighted by Gasteiger charge is -2.32. The van der Waals surface area contributed by atoms with Crippen LogP contribution in [0.2, 0.25) is 0 Å². The van der Waals surface area contributed by atoms with Gasteiger partial charge in [-0.05, 0) is 31.7 Å². The first-order valence-corrected chi connectivity index (χ1v) is 8.90. The number of hydrogen-bond acceptors (Lipinski definition) is 4. The lowest BCUT2D eigenvalue weighted by atomic mass is 10.2. The lowest BCUT2D eigenvalue weighted by molar-refractivity contribution is 0.0658. The van der Waals surface area contributed by atoms with Crippen LogP contribution in [-0.2, 0) is 6.54 Å². The highest BCUT2D eigenvalue weighted by molar-refractivity contribution is 5.93. The number of carbonyl (C=O) groups is 1. The number of anilines is 1. The third-order valence-electron chi connectivity index (χ3n) is 4.72. The van der Waals surface area contributed by atoms with Crippen LogP contribution in [0.5, 0.6) is 0 Å². The van der Waals surface area contributed by atoms with Gasteiger partial charge in [0.25, 0.3) is 5.91 Å². The molecule has 1 fully saturated rings. The second-order valence-electron chi connectivity index (χ2n) is 6.49. The summed E-state index contributed by atoms with van der Waals surface area (Å²) in [5.74, 6) is 0.0331. The van der Waals surface area contributed by atoms with E-state index >= 15 is 0 Å². The normalized spacial score (nSPS) is 15.2. The Bertz CT molecular complexity index is 696. The third kappa shape index (κ3) is 4.37. The van der Waals surface area contributed by atoms with E-state index in [0.29, 0.717) is 5.69 Å². The van der Waals surface area contributed by atoms with Crippen molar-refractivity contribution in [3.8, 4) is 0 Å². The number of rotatable bonds is 5. The molecule has 1 aliphatic rings. The van der Waals surface area contributed by atoms with E-state index in [-0.39, 0.29) is 5.91 Å². The molecule has 1 saturated heterocycles. The van der Waals surface area contributed by atoms with E-state index in [4.69, 9.17) is 0 Å². The average Bonchev–Trinajstić information content (AvgIpc) is 2.67. The molecule has 2 heterocycles. The van der Waals surface area contributed by atoms with Gasteiger partial charge in [0.15, 0.2) is 0 Å². The van der Waals surface area contributed by atoms with Gasteiger partial charge in [-0.25, -0.2) is 0 Å². The molecule has 0 aliphatic carbocycles. The van der Waals surface area contributed by atoms with E-state index in [9.17, 15) is 4.79 Å². The van der Waals surface area contributed by atoms with Crippen LogP contribution in [0.15, 0.2) is 48.7 Å². The molecule has 0 spiro atoms. The summed E-state index contributed by atoms with van der Waals surface area (Å²) in [5, 5.41) is 0. The summed E-state index contributed by atoms with van der Waals surface area (Å²) in [5.41, 5.74) is 2.83. The van der Waals surface area contributed by atoms with Crippen molar-refractivity contribution in [1.82, 2.24) is 14.8 Å². The summed E-state index contributed by atoms with van der Waals surface area (Å²) in [7, 11) is 2.09. The predicted octanol–water partition coefficient (Wildman–Crippen LogP) is 2.50. The number of carbonyl (C=O) groups excluding carboxylic acids is 1. The van der Waals surface area contributed by atoms with Crippen molar-refractivity contribution in [3.05, 3.63) is 59.9 Å². The molecule has 0 bridgehead atoms. The molecule has 5 heteroatoms. The topological polar surface area (TPSA) is 39.7 Å². The molecule has 25 heavy (non-hydrogen) atoms. The van der Waals surface area contributed by atoms with Gasteiger partial charge in [0.05, 0.1) is 0 Å². The molecule has 5 nitrogen and oxygen atoms in total. The van der Waals surface area contributed by atoms with Crippen molar-refractivity contribution >= 4 is 11.6 Å². The Morgan fingerprint density at radius 2 is 1.84 bits per heavy atom. The zero-order valence-electron chi connectivity index (χ0n) is 15.1. The zero-order chi connectivity index (χ0) is 17.6. The molecular weight excluding hydrogens is 312 g/mol. The van der Waals surface area contributed by atoms with Gasteiger partial charge in [0, 0.05) is 51.2 Å². The minimum atomic E-state index is 0.0331. The third-order valence-corrected chi connectivity index (χ3v) is 4.72. The van der Waals surface area contributed by atoms with E-state index in [1.807, 2.05) is 23.1 Å². The average molecular weight is 338 g/mol. The van der Waals surface area contributed by atoms with E-state index < -0.39 is 0 Å². The Labute approximate surface area is 149 Å². The highest BCUT2D eigenvalue weighted by Crippen LogP contribution is 2.18. The smallest absolute Gasteiger partial charge is 0.272 e. The van der Waals surface area contributed by atoms with E-state index in [2.05, 4.69) is 53.0 Å². The molecule has 0 unspecified atom stereocenters. The minimum absolute atomic E-state index is 0.0331. The number of likely N-dealkylation sites (N-methyl/N-ethyl adjacent to an activating group) is 1. The number of amides is 1. The summed E-state index contributed by atoms with van der Waals surface area (Å²) >= 11 is 0. The van der Waals surface area contributed by atoms with E-state index in [1.165, 1.54) is 5.56 Å². The van der Waals surface area contributed by atoms with Gasteiger partial charge in [-0.2, -0.15) is 0 Å². The summed E-state index contributed by atoms with van der Waals surface area (Å²) in [6, 6.07) is 14.3. The molecule has 1 amide bonds. The molecule has 1 aromatic heterocycles. The first kappa shape index (κ1) is 17.4. The monoisotopic (exact) mass is 338 g/mol. The minimum Gasteiger partial charge on any atom is -0.367 e. The summed E-state index contributed by atoms with van der Waals surface area (Å²) in [4.78, 5) is 23.5. The van der Waals surface area contributed by atoms with Gasteiger partial charge >= 0.3 is 0 Å².